The first-order valence-corrected chi connectivity index (χ1v) is 10.9. The van der Waals surface area contributed by atoms with Crippen molar-refractivity contribution in [1.82, 2.24) is 4.90 Å². The zero-order chi connectivity index (χ0) is 21.4. The van der Waals surface area contributed by atoms with Crippen LogP contribution in [0.1, 0.15) is 63.5 Å². The number of fused-ring (bicyclic) bond motifs is 1. The van der Waals surface area contributed by atoms with Crippen molar-refractivity contribution >= 4 is 13.1 Å². The molecule has 162 valence electrons. The average molecular weight is 404 g/mol. The van der Waals surface area contributed by atoms with E-state index in [0.29, 0.717) is 37.6 Å². The van der Waals surface area contributed by atoms with Gasteiger partial charge in [0.25, 0.3) is 0 Å². The molecule has 29 heavy (non-hydrogen) atoms. The smallest absolute Gasteiger partial charge is 0.451 e. The summed E-state index contributed by atoms with van der Waals surface area (Å²) in [6, 6.07) is 8.81. The Morgan fingerprint density at radius 3 is 2.55 bits per heavy atom. The van der Waals surface area contributed by atoms with Crippen molar-refractivity contribution < 1.29 is 19.9 Å². The van der Waals surface area contributed by atoms with Crippen LogP contribution in [0.4, 0.5) is 0 Å². The number of carboxylic acids is 1. The van der Waals surface area contributed by atoms with Crippen LogP contribution >= 0.6 is 0 Å². The summed E-state index contributed by atoms with van der Waals surface area (Å²) in [6.45, 7) is 6.37. The molecular weight excluding hydrogens is 367 g/mol. The standard InChI is InChI=1S/C22H37BN2O4/c1-17(2)10-14-25-16-19-8-4-3-7-18(19)15-20(25)9-12-22(24,21(26)27)11-5-6-13-23(28)29/h3-4,7-8,17,20,28-29H,5-6,9-16,24H2,1-2H3,(H,26,27). The molecule has 1 heterocycles. The highest BCUT2D eigenvalue weighted by Crippen LogP contribution is 2.29. The summed E-state index contributed by atoms with van der Waals surface area (Å²) in [5, 5.41) is 27.7. The van der Waals surface area contributed by atoms with E-state index in [1.807, 2.05) is 0 Å². The third-order valence-electron chi connectivity index (χ3n) is 6.14. The first-order valence-electron chi connectivity index (χ1n) is 10.9. The van der Waals surface area contributed by atoms with Gasteiger partial charge in [0, 0.05) is 12.6 Å². The van der Waals surface area contributed by atoms with Gasteiger partial charge in [0.1, 0.15) is 5.54 Å². The summed E-state index contributed by atoms with van der Waals surface area (Å²) in [7, 11) is -1.34. The third kappa shape index (κ3) is 7.41. The van der Waals surface area contributed by atoms with E-state index in [1.54, 1.807) is 0 Å². The van der Waals surface area contributed by atoms with Gasteiger partial charge in [0.15, 0.2) is 0 Å². The zero-order valence-corrected chi connectivity index (χ0v) is 17.9. The number of hydrogen-bond acceptors (Lipinski definition) is 5. The molecule has 0 fully saturated rings. The maximum Gasteiger partial charge on any atom is 0.451 e. The Balaban J connectivity index is 2.01. The summed E-state index contributed by atoms with van der Waals surface area (Å²) < 4.78 is 0. The van der Waals surface area contributed by atoms with Crippen molar-refractivity contribution in [3.8, 4) is 0 Å². The van der Waals surface area contributed by atoms with Gasteiger partial charge in [-0.15, -0.1) is 0 Å². The number of nitrogens with two attached hydrogens (primary N) is 1. The Kier molecular flexibility index (Phi) is 9.15. The molecule has 2 atom stereocenters. The molecule has 2 rings (SSSR count). The lowest BCUT2D eigenvalue weighted by Gasteiger charge is -2.39. The largest absolute Gasteiger partial charge is 0.480 e. The lowest BCUT2D eigenvalue weighted by molar-refractivity contribution is -0.144. The molecule has 0 aliphatic carbocycles. The molecule has 7 heteroatoms. The normalized spacial score (nSPS) is 19.0. The van der Waals surface area contributed by atoms with E-state index in [1.165, 1.54) is 11.1 Å². The van der Waals surface area contributed by atoms with Crippen LogP contribution in [0.2, 0.25) is 6.32 Å². The average Bonchev–Trinajstić information content (AvgIpc) is 2.67. The molecule has 0 saturated carbocycles. The fraction of sp³-hybridized carbons (Fsp3) is 0.682. The van der Waals surface area contributed by atoms with E-state index in [0.717, 1.165) is 32.4 Å². The van der Waals surface area contributed by atoms with Crippen LogP contribution in [-0.2, 0) is 17.8 Å². The second-order valence-electron chi connectivity index (χ2n) is 9.01. The van der Waals surface area contributed by atoms with Crippen LogP contribution in [0, 0.1) is 5.92 Å². The molecule has 5 N–H and O–H groups in total. The van der Waals surface area contributed by atoms with Crippen LogP contribution in [0.5, 0.6) is 0 Å². The minimum Gasteiger partial charge on any atom is -0.480 e. The maximum absolute atomic E-state index is 11.9. The molecule has 1 aliphatic rings. The number of carbonyl (C=O) groups is 1. The van der Waals surface area contributed by atoms with Crippen molar-refractivity contribution in [2.45, 2.75) is 83.2 Å². The van der Waals surface area contributed by atoms with Gasteiger partial charge in [-0.1, -0.05) is 51.0 Å². The molecular formula is C22H37BN2O4. The third-order valence-corrected chi connectivity index (χ3v) is 6.14. The number of rotatable bonds is 12. The first kappa shape index (κ1) is 23.9. The highest BCUT2D eigenvalue weighted by Gasteiger charge is 2.35. The molecule has 2 unspecified atom stereocenters. The maximum atomic E-state index is 11.9. The fourth-order valence-electron chi connectivity index (χ4n) is 4.14. The summed E-state index contributed by atoms with van der Waals surface area (Å²) in [6.07, 6.45) is 4.96. The lowest BCUT2D eigenvalue weighted by Crippen LogP contribution is -2.50. The number of unbranched alkanes of at least 4 members (excludes halogenated alkanes) is 1. The second-order valence-corrected chi connectivity index (χ2v) is 9.01. The van der Waals surface area contributed by atoms with Gasteiger partial charge >= 0.3 is 13.1 Å². The molecule has 6 nitrogen and oxygen atoms in total. The molecule has 1 aromatic rings. The molecule has 1 aliphatic heterocycles. The van der Waals surface area contributed by atoms with Gasteiger partial charge in [-0.05, 0) is 62.0 Å². The Hall–Kier alpha value is -1.41. The van der Waals surface area contributed by atoms with Crippen LogP contribution in [0.15, 0.2) is 24.3 Å². The topological polar surface area (TPSA) is 107 Å². The van der Waals surface area contributed by atoms with Gasteiger partial charge in [0.05, 0.1) is 0 Å². The van der Waals surface area contributed by atoms with Gasteiger partial charge < -0.3 is 20.9 Å². The van der Waals surface area contributed by atoms with E-state index in [2.05, 4.69) is 43.0 Å². The van der Waals surface area contributed by atoms with Crippen LogP contribution < -0.4 is 5.73 Å². The van der Waals surface area contributed by atoms with Crippen molar-refractivity contribution in [3.05, 3.63) is 35.4 Å². The molecule has 0 amide bonds. The quantitative estimate of drug-likeness (QED) is 0.315. The number of benzene rings is 1. The van der Waals surface area contributed by atoms with Crippen LogP contribution in [-0.4, -0.2) is 51.3 Å². The SMILES string of the molecule is CC(C)CCN1Cc2ccccc2CC1CCC(N)(CCCCB(O)O)C(=O)O. The van der Waals surface area contributed by atoms with E-state index >= 15 is 0 Å². The minimum atomic E-state index is -1.34. The molecule has 0 saturated heterocycles. The molecule has 0 spiro atoms. The summed E-state index contributed by atoms with van der Waals surface area (Å²) in [5.41, 5.74) is 7.75. The summed E-state index contributed by atoms with van der Waals surface area (Å²) in [4.78, 5) is 14.4. The molecule has 0 bridgehead atoms. The van der Waals surface area contributed by atoms with Gasteiger partial charge in [-0.2, -0.15) is 0 Å². The summed E-state index contributed by atoms with van der Waals surface area (Å²) in [5.74, 6) is -0.339. The van der Waals surface area contributed by atoms with Gasteiger partial charge in [-0.3, -0.25) is 9.69 Å². The fourth-order valence-corrected chi connectivity index (χ4v) is 4.14. The van der Waals surface area contributed by atoms with E-state index in [-0.39, 0.29) is 6.32 Å². The second kappa shape index (κ2) is 11.1. The molecule has 1 aromatic carbocycles. The highest BCUT2D eigenvalue weighted by molar-refractivity contribution is 6.40. The van der Waals surface area contributed by atoms with Gasteiger partial charge in [0.2, 0.25) is 0 Å². The predicted molar refractivity (Wildman–Crippen MR) is 116 cm³/mol. The van der Waals surface area contributed by atoms with E-state index < -0.39 is 18.6 Å². The lowest BCUT2D eigenvalue weighted by atomic mass is 9.80. The number of nitrogens with zero attached hydrogens (tertiary/aromatic N) is 1. The Morgan fingerprint density at radius 2 is 1.93 bits per heavy atom. The van der Waals surface area contributed by atoms with Crippen molar-refractivity contribution in [3.63, 3.8) is 0 Å². The van der Waals surface area contributed by atoms with Crippen LogP contribution in [0.3, 0.4) is 0 Å². The number of carboxylic acid groups (broad SMARTS) is 1. The first-order chi connectivity index (χ1) is 13.7. The summed E-state index contributed by atoms with van der Waals surface area (Å²) >= 11 is 0. The van der Waals surface area contributed by atoms with Crippen molar-refractivity contribution in [1.29, 1.82) is 0 Å². The van der Waals surface area contributed by atoms with Crippen LogP contribution in [0.25, 0.3) is 0 Å². The molecule has 0 radical (unpaired) electrons. The highest BCUT2D eigenvalue weighted by atomic mass is 16.4. The van der Waals surface area contributed by atoms with Crippen molar-refractivity contribution in [2.24, 2.45) is 11.7 Å². The number of aliphatic carboxylic acids is 1. The minimum absolute atomic E-state index is 0.248. The Labute approximate surface area is 175 Å². The van der Waals surface area contributed by atoms with Gasteiger partial charge in [-0.25, -0.2) is 0 Å². The van der Waals surface area contributed by atoms with E-state index in [4.69, 9.17) is 15.8 Å². The number of hydrogen-bond donors (Lipinski definition) is 4. The predicted octanol–water partition coefficient (Wildman–Crippen LogP) is 2.66. The Morgan fingerprint density at radius 1 is 1.24 bits per heavy atom. The van der Waals surface area contributed by atoms with Crippen molar-refractivity contribution in [2.75, 3.05) is 6.54 Å². The molecule has 0 aromatic heterocycles. The monoisotopic (exact) mass is 404 g/mol. The zero-order valence-electron chi connectivity index (χ0n) is 17.9. The Bertz CT molecular complexity index is 655. The van der Waals surface area contributed by atoms with E-state index in [9.17, 15) is 9.90 Å².